The second kappa shape index (κ2) is 17.7. The van der Waals surface area contributed by atoms with Gasteiger partial charge in [0.05, 0.1) is 6.26 Å². The average Bonchev–Trinajstić information content (AvgIpc) is 2.58. The summed E-state index contributed by atoms with van der Waals surface area (Å²) in [5.74, 6) is -1.19. The molecule has 25 heavy (non-hydrogen) atoms. The van der Waals surface area contributed by atoms with Crippen LogP contribution >= 0.6 is 0 Å². The molecule has 0 aliphatic carbocycles. The van der Waals surface area contributed by atoms with E-state index in [-0.39, 0.29) is 5.78 Å². The van der Waals surface area contributed by atoms with E-state index >= 15 is 0 Å². The Bertz CT molecular complexity index is 349. The van der Waals surface area contributed by atoms with Crippen molar-refractivity contribution in [3.05, 3.63) is 12.8 Å². The van der Waals surface area contributed by atoms with Gasteiger partial charge in [-0.25, -0.2) is 0 Å². The van der Waals surface area contributed by atoms with Crippen LogP contribution in [0.5, 0.6) is 0 Å². The smallest absolute Gasteiger partial charge is 0.321 e. The van der Waals surface area contributed by atoms with Crippen LogP contribution in [0.15, 0.2) is 12.8 Å². The third-order valence-electron chi connectivity index (χ3n) is 4.82. The molecule has 1 unspecified atom stereocenters. The number of ether oxygens (including phenoxy) is 1. The SMILES string of the molecule is C=COC(=O)C(CCCCCCCCCCCCCCCC)C(C)=O. The van der Waals surface area contributed by atoms with E-state index in [2.05, 4.69) is 13.5 Å². The van der Waals surface area contributed by atoms with Crippen molar-refractivity contribution in [1.29, 1.82) is 0 Å². The molecule has 3 nitrogen and oxygen atoms in total. The zero-order valence-corrected chi connectivity index (χ0v) is 16.7. The van der Waals surface area contributed by atoms with E-state index in [9.17, 15) is 9.59 Å². The average molecular weight is 353 g/mol. The summed E-state index contributed by atoms with van der Waals surface area (Å²) in [5, 5.41) is 0. The van der Waals surface area contributed by atoms with Gasteiger partial charge in [-0.1, -0.05) is 103 Å². The minimum Gasteiger partial charge on any atom is -0.435 e. The van der Waals surface area contributed by atoms with E-state index in [1.54, 1.807) is 0 Å². The third-order valence-corrected chi connectivity index (χ3v) is 4.82. The Morgan fingerprint density at radius 3 is 1.56 bits per heavy atom. The molecule has 0 aromatic carbocycles. The van der Waals surface area contributed by atoms with Gasteiger partial charge in [0.2, 0.25) is 0 Å². The Morgan fingerprint density at radius 2 is 1.20 bits per heavy atom. The van der Waals surface area contributed by atoms with Gasteiger partial charge < -0.3 is 4.74 Å². The lowest BCUT2D eigenvalue weighted by Gasteiger charge is -2.11. The monoisotopic (exact) mass is 352 g/mol. The molecule has 146 valence electrons. The van der Waals surface area contributed by atoms with E-state index < -0.39 is 11.9 Å². The molecule has 0 bridgehead atoms. The van der Waals surface area contributed by atoms with Gasteiger partial charge in [0, 0.05) is 0 Å². The van der Waals surface area contributed by atoms with Gasteiger partial charge >= 0.3 is 5.97 Å². The van der Waals surface area contributed by atoms with Gasteiger partial charge in [0.1, 0.15) is 11.7 Å². The summed E-state index contributed by atoms with van der Waals surface area (Å²) in [6, 6.07) is 0. The third kappa shape index (κ3) is 14.9. The summed E-state index contributed by atoms with van der Waals surface area (Å²) >= 11 is 0. The summed E-state index contributed by atoms with van der Waals surface area (Å²) in [6.07, 6.45) is 19.9. The molecule has 0 heterocycles. The highest BCUT2D eigenvalue weighted by Gasteiger charge is 2.23. The molecule has 0 aliphatic heterocycles. The number of carbonyl (C=O) groups is 2. The van der Waals surface area contributed by atoms with Crippen LogP contribution in [0.3, 0.4) is 0 Å². The maximum absolute atomic E-state index is 11.6. The number of Topliss-reactive ketones (excluding diaryl/α,β-unsaturated/α-hetero) is 1. The van der Waals surface area contributed by atoms with E-state index in [4.69, 9.17) is 4.74 Å². The lowest BCUT2D eigenvalue weighted by Crippen LogP contribution is -2.22. The standard InChI is InChI=1S/C22H40O3/c1-4-6-7-8-9-10-11-12-13-14-15-16-17-18-19-21(20(3)23)22(24)25-5-2/h5,21H,2,4,6-19H2,1,3H3. The summed E-state index contributed by atoms with van der Waals surface area (Å²) in [7, 11) is 0. The lowest BCUT2D eigenvalue weighted by molar-refractivity contribution is -0.146. The Balaban J connectivity index is 3.41. The van der Waals surface area contributed by atoms with E-state index in [0.29, 0.717) is 6.42 Å². The van der Waals surface area contributed by atoms with Crippen molar-refractivity contribution in [3.8, 4) is 0 Å². The molecular weight excluding hydrogens is 312 g/mol. The van der Waals surface area contributed by atoms with Crippen LogP contribution in [-0.2, 0) is 14.3 Å². The fourth-order valence-corrected chi connectivity index (χ4v) is 3.19. The molecule has 1 atom stereocenters. The van der Waals surface area contributed by atoms with Crippen molar-refractivity contribution in [3.63, 3.8) is 0 Å². The largest absolute Gasteiger partial charge is 0.435 e. The van der Waals surface area contributed by atoms with Crippen LogP contribution < -0.4 is 0 Å². The maximum atomic E-state index is 11.6. The predicted molar refractivity (Wildman–Crippen MR) is 105 cm³/mol. The van der Waals surface area contributed by atoms with Crippen molar-refractivity contribution in [2.75, 3.05) is 0 Å². The second-order valence-electron chi connectivity index (χ2n) is 7.15. The summed E-state index contributed by atoms with van der Waals surface area (Å²) in [4.78, 5) is 23.1. The van der Waals surface area contributed by atoms with Crippen molar-refractivity contribution in [1.82, 2.24) is 0 Å². The Labute approximate surface area is 155 Å². The number of esters is 1. The molecule has 0 fully saturated rings. The first-order chi connectivity index (χ1) is 12.1. The van der Waals surface area contributed by atoms with E-state index in [0.717, 1.165) is 19.1 Å². The van der Waals surface area contributed by atoms with Gasteiger partial charge in [-0.15, -0.1) is 0 Å². The van der Waals surface area contributed by atoms with Crippen LogP contribution in [0.25, 0.3) is 0 Å². The van der Waals surface area contributed by atoms with Gasteiger partial charge in [0.25, 0.3) is 0 Å². The fourth-order valence-electron chi connectivity index (χ4n) is 3.19. The van der Waals surface area contributed by atoms with Crippen molar-refractivity contribution >= 4 is 11.8 Å². The van der Waals surface area contributed by atoms with Gasteiger partial charge in [0.15, 0.2) is 0 Å². The van der Waals surface area contributed by atoms with Gasteiger partial charge in [-0.05, 0) is 13.3 Å². The van der Waals surface area contributed by atoms with Crippen molar-refractivity contribution in [2.24, 2.45) is 5.92 Å². The highest BCUT2D eigenvalue weighted by Crippen LogP contribution is 2.16. The molecule has 0 saturated heterocycles. The second-order valence-corrected chi connectivity index (χ2v) is 7.15. The highest BCUT2D eigenvalue weighted by molar-refractivity contribution is 5.97. The predicted octanol–water partition coefficient (Wildman–Crippen LogP) is 6.75. The van der Waals surface area contributed by atoms with Gasteiger partial charge in [-0.3, -0.25) is 9.59 Å². The van der Waals surface area contributed by atoms with Crippen LogP contribution in [0.4, 0.5) is 0 Å². The zero-order chi connectivity index (χ0) is 18.8. The molecular formula is C22H40O3. The quantitative estimate of drug-likeness (QED) is 0.119. The number of ketones is 1. The molecule has 0 rings (SSSR count). The van der Waals surface area contributed by atoms with Crippen LogP contribution in [0, 0.1) is 5.92 Å². The number of rotatable bonds is 18. The fraction of sp³-hybridized carbons (Fsp3) is 0.818. The molecule has 0 N–H and O–H groups in total. The Kier molecular flexibility index (Phi) is 16.9. The number of hydrogen-bond acceptors (Lipinski definition) is 3. The highest BCUT2D eigenvalue weighted by atomic mass is 16.5. The maximum Gasteiger partial charge on any atom is 0.321 e. The normalized spacial score (nSPS) is 11.9. The topological polar surface area (TPSA) is 43.4 Å². The molecule has 0 aromatic rings. The van der Waals surface area contributed by atoms with Crippen molar-refractivity contribution in [2.45, 2.75) is 110 Å². The number of unbranched alkanes of at least 4 members (excludes halogenated alkanes) is 13. The molecule has 0 spiro atoms. The molecule has 0 saturated carbocycles. The molecule has 3 heteroatoms. The minimum absolute atomic E-state index is 0.110. The number of carbonyl (C=O) groups excluding carboxylic acids is 2. The molecule has 0 amide bonds. The zero-order valence-electron chi connectivity index (χ0n) is 16.7. The molecule has 0 aromatic heterocycles. The van der Waals surface area contributed by atoms with E-state index in [1.807, 2.05) is 0 Å². The Morgan fingerprint density at radius 1 is 0.800 bits per heavy atom. The molecule has 0 radical (unpaired) electrons. The summed E-state index contributed by atoms with van der Waals surface area (Å²) in [6.45, 7) is 7.08. The van der Waals surface area contributed by atoms with Crippen LogP contribution in [-0.4, -0.2) is 11.8 Å². The van der Waals surface area contributed by atoms with Crippen molar-refractivity contribution < 1.29 is 14.3 Å². The lowest BCUT2D eigenvalue weighted by atomic mass is 9.97. The number of hydrogen-bond donors (Lipinski definition) is 0. The first-order valence-corrected chi connectivity index (χ1v) is 10.4. The minimum atomic E-state index is -0.615. The van der Waals surface area contributed by atoms with Gasteiger partial charge in [-0.2, -0.15) is 0 Å². The summed E-state index contributed by atoms with van der Waals surface area (Å²) < 4.78 is 4.74. The first kappa shape index (κ1) is 23.9. The molecule has 0 aliphatic rings. The van der Waals surface area contributed by atoms with Crippen LogP contribution in [0.2, 0.25) is 0 Å². The summed E-state index contributed by atoms with van der Waals surface area (Å²) in [5.41, 5.74) is 0. The first-order valence-electron chi connectivity index (χ1n) is 10.4. The van der Waals surface area contributed by atoms with Crippen LogP contribution in [0.1, 0.15) is 110 Å². The van der Waals surface area contributed by atoms with E-state index in [1.165, 1.54) is 84.0 Å². The Hall–Kier alpha value is -1.12.